The maximum atomic E-state index is 12.8. The van der Waals surface area contributed by atoms with Gasteiger partial charge in [-0.05, 0) is 41.8 Å². The number of rotatable bonds is 4. The van der Waals surface area contributed by atoms with Crippen LogP contribution in [0.3, 0.4) is 0 Å². The Labute approximate surface area is 176 Å². The van der Waals surface area contributed by atoms with Gasteiger partial charge in [0.25, 0.3) is 0 Å². The van der Waals surface area contributed by atoms with E-state index in [-0.39, 0.29) is 10.8 Å². The number of amides is 1. The van der Waals surface area contributed by atoms with E-state index in [1.807, 2.05) is 6.07 Å². The summed E-state index contributed by atoms with van der Waals surface area (Å²) in [5.41, 5.74) is 2.64. The monoisotopic (exact) mass is 433 g/mol. The van der Waals surface area contributed by atoms with Crippen molar-refractivity contribution in [2.24, 2.45) is 0 Å². The van der Waals surface area contributed by atoms with Gasteiger partial charge in [0.1, 0.15) is 0 Å². The quantitative estimate of drug-likeness (QED) is 0.741. The highest BCUT2D eigenvalue weighted by Crippen LogP contribution is 2.21. The molecule has 29 heavy (non-hydrogen) atoms. The van der Waals surface area contributed by atoms with Gasteiger partial charge in [0, 0.05) is 44.3 Å². The molecule has 0 saturated carbocycles. The molecule has 0 bridgehead atoms. The molecule has 2 aliphatic heterocycles. The van der Waals surface area contributed by atoms with Crippen LogP contribution in [0.2, 0.25) is 5.02 Å². The number of carbonyl (C=O) groups excluding carboxylic acids is 1. The van der Waals surface area contributed by atoms with Gasteiger partial charge in [-0.2, -0.15) is 4.31 Å². The van der Waals surface area contributed by atoms with E-state index in [4.69, 9.17) is 11.6 Å². The predicted molar refractivity (Wildman–Crippen MR) is 112 cm³/mol. The zero-order valence-corrected chi connectivity index (χ0v) is 17.7. The van der Waals surface area contributed by atoms with Crippen molar-refractivity contribution in [1.82, 2.24) is 14.1 Å². The molecule has 0 N–H and O–H groups in total. The lowest BCUT2D eigenvalue weighted by atomic mass is 10.00. The van der Waals surface area contributed by atoms with Crippen molar-refractivity contribution in [1.29, 1.82) is 0 Å². The summed E-state index contributed by atoms with van der Waals surface area (Å²) < 4.78 is 27.0. The second kappa shape index (κ2) is 8.44. The summed E-state index contributed by atoms with van der Waals surface area (Å²) in [6.45, 7) is 3.46. The first-order valence-corrected chi connectivity index (χ1v) is 11.6. The third-order valence-corrected chi connectivity index (χ3v) is 7.78. The second-order valence-electron chi connectivity index (χ2n) is 7.47. The van der Waals surface area contributed by atoms with Crippen LogP contribution in [0.25, 0.3) is 0 Å². The van der Waals surface area contributed by atoms with Gasteiger partial charge in [-0.25, -0.2) is 8.42 Å². The molecule has 0 aliphatic carbocycles. The lowest BCUT2D eigenvalue weighted by Gasteiger charge is -2.36. The number of nitrogens with zero attached hydrogens (tertiary/aromatic N) is 3. The van der Waals surface area contributed by atoms with Crippen LogP contribution < -0.4 is 0 Å². The molecule has 2 aliphatic rings. The first-order valence-electron chi connectivity index (χ1n) is 9.76. The van der Waals surface area contributed by atoms with Crippen molar-refractivity contribution in [3.8, 4) is 0 Å². The van der Waals surface area contributed by atoms with Gasteiger partial charge in [0.2, 0.25) is 15.9 Å². The highest BCUT2D eigenvalue weighted by atomic mass is 35.5. The summed E-state index contributed by atoms with van der Waals surface area (Å²) in [7, 11) is -3.56. The van der Waals surface area contributed by atoms with E-state index in [2.05, 4.69) is 23.1 Å². The van der Waals surface area contributed by atoms with E-state index in [0.29, 0.717) is 37.7 Å². The molecule has 2 heterocycles. The van der Waals surface area contributed by atoms with E-state index in [1.54, 1.807) is 17.0 Å². The number of hydrogen-bond acceptors (Lipinski definition) is 4. The van der Waals surface area contributed by atoms with Crippen LogP contribution in [0.1, 0.15) is 11.1 Å². The third-order valence-electron chi connectivity index (χ3n) is 5.61. The fourth-order valence-corrected chi connectivity index (χ4v) is 5.46. The molecule has 4 rings (SSSR count). The Bertz CT molecular complexity index is 986. The Morgan fingerprint density at radius 2 is 1.55 bits per heavy atom. The van der Waals surface area contributed by atoms with Crippen molar-refractivity contribution < 1.29 is 13.2 Å². The Morgan fingerprint density at radius 1 is 0.897 bits per heavy atom. The largest absolute Gasteiger partial charge is 0.339 e. The summed E-state index contributed by atoms with van der Waals surface area (Å²) in [5.74, 6) is 0.0629. The average molecular weight is 434 g/mol. The van der Waals surface area contributed by atoms with Crippen LogP contribution in [0.4, 0.5) is 0 Å². The van der Waals surface area contributed by atoms with Gasteiger partial charge in [-0.1, -0.05) is 35.9 Å². The van der Waals surface area contributed by atoms with Crippen LogP contribution in [0.15, 0.2) is 53.4 Å². The van der Waals surface area contributed by atoms with Crippen molar-refractivity contribution in [3.63, 3.8) is 0 Å². The maximum Gasteiger partial charge on any atom is 0.243 e. The molecule has 8 heteroatoms. The van der Waals surface area contributed by atoms with Gasteiger partial charge in [-0.15, -0.1) is 0 Å². The molecule has 1 amide bonds. The lowest BCUT2D eigenvalue weighted by Crippen LogP contribution is -2.52. The predicted octanol–water partition coefficient (Wildman–Crippen LogP) is 2.23. The lowest BCUT2D eigenvalue weighted by molar-refractivity contribution is -0.133. The Kier molecular flexibility index (Phi) is 5.92. The molecule has 0 unspecified atom stereocenters. The van der Waals surface area contributed by atoms with E-state index in [9.17, 15) is 13.2 Å². The maximum absolute atomic E-state index is 12.8. The number of benzene rings is 2. The fraction of sp³-hybridized carbons (Fsp3) is 0.381. The van der Waals surface area contributed by atoms with E-state index in [1.165, 1.54) is 27.6 Å². The molecular formula is C21H24ClN3O3S. The van der Waals surface area contributed by atoms with Gasteiger partial charge in [0.15, 0.2) is 0 Å². The van der Waals surface area contributed by atoms with E-state index < -0.39 is 10.0 Å². The number of halogens is 1. The van der Waals surface area contributed by atoms with Gasteiger partial charge in [-0.3, -0.25) is 9.69 Å². The molecule has 154 valence electrons. The molecule has 6 nitrogen and oxygen atoms in total. The minimum atomic E-state index is -3.56. The molecule has 1 saturated heterocycles. The molecule has 0 aromatic heterocycles. The first-order chi connectivity index (χ1) is 13.9. The smallest absolute Gasteiger partial charge is 0.243 e. The minimum absolute atomic E-state index is 0.0629. The second-order valence-corrected chi connectivity index (χ2v) is 9.84. The van der Waals surface area contributed by atoms with Gasteiger partial charge >= 0.3 is 0 Å². The van der Waals surface area contributed by atoms with Crippen LogP contribution >= 0.6 is 11.6 Å². The average Bonchev–Trinajstić information content (AvgIpc) is 2.74. The summed E-state index contributed by atoms with van der Waals surface area (Å²) in [6, 6.07) is 14.5. The van der Waals surface area contributed by atoms with E-state index >= 15 is 0 Å². The normalized spacial score (nSPS) is 18.4. The number of fused-ring (bicyclic) bond motifs is 1. The SMILES string of the molecule is O=C(CN1CCc2ccccc2C1)N1CCN(S(=O)(=O)c2ccc(Cl)cc2)CC1. The van der Waals surface area contributed by atoms with Crippen molar-refractivity contribution in [2.75, 3.05) is 39.3 Å². The van der Waals surface area contributed by atoms with Crippen LogP contribution in [-0.4, -0.2) is 67.7 Å². The highest BCUT2D eigenvalue weighted by Gasteiger charge is 2.30. The molecule has 1 fully saturated rings. The molecular weight excluding hydrogens is 410 g/mol. The van der Waals surface area contributed by atoms with E-state index in [0.717, 1.165) is 19.5 Å². The zero-order valence-electron chi connectivity index (χ0n) is 16.1. The molecule has 0 radical (unpaired) electrons. The Morgan fingerprint density at radius 3 is 2.24 bits per heavy atom. The van der Waals surface area contributed by atoms with Crippen molar-refractivity contribution in [2.45, 2.75) is 17.9 Å². The standard InChI is InChI=1S/C21H24ClN3O3S/c22-19-5-7-20(8-6-19)29(27,28)25-13-11-24(12-14-25)21(26)16-23-10-9-17-3-1-2-4-18(17)15-23/h1-8H,9-16H2. The molecule has 0 spiro atoms. The van der Waals surface area contributed by atoms with Crippen molar-refractivity contribution >= 4 is 27.5 Å². The first kappa shape index (κ1) is 20.3. The Balaban J connectivity index is 1.32. The third kappa shape index (κ3) is 4.48. The van der Waals surface area contributed by atoms with Crippen LogP contribution in [-0.2, 0) is 27.8 Å². The van der Waals surface area contributed by atoms with Gasteiger partial charge in [0.05, 0.1) is 11.4 Å². The zero-order chi connectivity index (χ0) is 20.4. The van der Waals surface area contributed by atoms with Gasteiger partial charge < -0.3 is 4.90 Å². The number of sulfonamides is 1. The highest BCUT2D eigenvalue weighted by molar-refractivity contribution is 7.89. The topological polar surface area (TPSA) is 60.9 Å². The molecule has 0 atom stereocenters. The number of carbonyl (C=O) groups is 1. The summed E-state index contributed by atoms with van der Waals surface area (Å²) in [4.78, 5) is 16.9. The van der Waals surface area contributed by atoms with Crippen LogP contribution in [0, 0.1) is 0 Å². The summed E-state index contributed by atoms with van der Waals surface area (Å²) in [5, 5.41) is 0.500. The Hall–Kier alpha value is -1.93. The van der Waals surface area contributed by atoms with Crippen LogP contribution in [0.5, 0.6) is 0 Å². The fourth-order valence-electron chi connectivity index (χ4n) is 3.91. The minimum Gasteiger partial charge on any atom is -0.339 e. The summed E-state index contributed by atoms with van der Waals surface area (Å²) in [6.07, 6.45) is 0.955. The van der Waals surface area contributed by atoms with Crippen molar-refractivity contribution in [3.05, 3.63) is 64.7 Å². The molecule has 2 aromatic carbocycles. The number of hydrogen-bond donors (Lipinski definition) is 0. The number of piperazine rings is 1. The summed E-state index contributed by atoms with van der Waals surface area (Å²) >= 11 is 5.85. The molecule has 2 aromatic rings.